The van der Waals surface area contributed by atoms with Gasteiger partial charge < -0.3 is 10.0 Å². The standard InChI is InChI=1S/C16H22N2O2/c1-11-5-3-4-6-15(11)12(2)8-17-9-14-7-13(17)10-18(14)16(19)20/h3-6,12-14H,7-10H2,1-2H3,(H,19,20). The van der Waals surface area contributed by atoms with Crippen LogP contribution in [0.3, 0.4) is 0 Å². The van der Waals surface area contributed by atoms with Crippen molar-refractivity contribution in [3.05, 3.63) is 35.4 Å². The van der Waals surface area contributed by atoms with Gasteiger partial charge in [0, 0.05) is 31.7 Å². The lowest BCUT2D eigenvalue weighted by Crippen LogP contribution is -2.49. The summed E-state index contributed by atoms with van der Waals surface area (Å²) >= 11 is 0. The first-order valence-corrected chi connectivity index (χ1v) is 7.35. The van der Waals surface area contributed by atoms with Gasteiger partial charge in [-0.2, -0.15) is 0 Å². The van der Waals surface area contributed by atoms with Crippen LogP contribution in [-0.4, -0.2) is 52.7 Å². The first kappa shape index (κ1) is 13.4. The van der Waals surface area contributed by atoms with E-state index in [4.69, 9.17) is 5.11 Å². The molecule has 2 aliphatic rings. The number of piperazine rings is 1. The summed E-state index contributed by atoms with van der Waals surface area (Å²) in [4.78, 5) is 15.2. The zero-order valence-electron chi connectivity index (χ0n) is 12.1. The first-order chi connectivity index (χ1) is 9.56. The Kier molecular flexibility index (Phi) is 3.42. The van der Waals surface area contributed by atoms with Gasteiger partial charge in [-0.15, -0.1) is 0 Å². The average molecular weight is 274 g/mol. The van der Waals surface area contributed by atoms with Crippen LogP contribution in [0.1, 0.15) is 30.4 Å². The van der Waals surface area contributed by atoms with E-state index in [9.17, 15) is 4.79 Å². The van der Waals surface area contributed by atoms with Gasteiger partial charge in [0.25, 0.3) is 0 Å². The summed E-state index contributed by atoms with van der Waals surface area (Å²) in [5.41, 5.74) is 2.75. The van der Waals surface area contributed by atoms with Crippen molar-refractivity contribution in [2.45, 2.75) is 38.3 Å². The number of hydrogen-bond donors (Lipinski definition) is 1. The van der Waals surface area contributed by atoms with E-state index in [0.29, 0.717) is 18.5 Å². The number of rotatable bonds is 3. The van der Waals surface area contributed by atoms with E-state index in [1.165, 1.54) is 11.1 Å². The van der Waals surface area contributed by atoms with Crippen molar-refractivity contribution in [1.82, 2.24) is 9.80 Å². The lowest BCUT2D eigenvalue weighted by molar-refractivity contribution is 0.101. The molecule has 0 saturated carbocycles. The summed E-state index contributed by atoms with van der Waals surface area (Å²) in [7, 11) is 0. The molecule has 2 bridgehead atoms. The second-order valence-corrected chi connectivity index (χ2v) is 6.19. The number of amides is 1. The van der Waals surface area contributed by atoms with Gasteiger partial charge in [0.2, 0.25) is 0 Å². The number of hydrogen-bond acceptors (Lipinski definition) is 2. The van der Waals surface area contributed by atoms with Crippen molar-refractivity contribution < 1.29 is 9.90 Å². The molecule has 1 amide bonds. The van der Waals surface area contributed by atoms with Crippen molar-refractivity contribution in [1.29, 1.82) is 0 Å². The number of carboxylic acid groups (broad SMARTS) is 1. The summed E-state index contributed by atoms with van der Waals surface area (Å²) in [5, 5.41) is 9.13. The highest BCUT2D eigenvalue weighted by Crippen LogP contribution is 2.32. The van der Waals surface area contributed by atoms with Crippen LogP contribution in [0, 0.1) is 6.92 Å². The Labute approximate surface area is 120 Å². The highest BCUT2D eigenvalue weighted by molar-refractivity contribution is 5.66. The lowest BCUT2D eigenvalue weighted by Gasteiger charge is -2.34. The number of carbonyl (C=O) groups is 1. The van der Waals surface area contributed by atoms with Crippen LogP contribution in [0.4, 0.5) is 4.79 Å². The highest BCUT2D eigenvalue weighted by atomic mass is 16.4. The topological polar surface area (TPSA) is 43.8 Å². The van der Waals surface area contributed by atoms with E-state index in [-0.39, 0.29) is 6.04 Å². The van der Waals surface area contributed by atoms with Crippen molar-refractivity contribution >= 4 is 6.09 Å². The Morgan fingerprint density at radius 2 is 2.10 bits per heavy atom. The van der Waals surface area contributed by atoms with Crippen LogP contribution in [0.2, 0.25) is 0 Å². The van der Waals surface area contributed by atoms with Gasteiger partial charge in [0.05, 0.1) is 0 Å². The predicted octanol–water partition coefficient (Wildman–Crippen LogP) is 2.54. The Bertz CT molecular complexity index is 517. The molecule has 2 saturated heterocycles. The summed E-state index contributed by atoms with van der Waals surface area (Å²) in [6.45, 7) is 7.03. The number of fused-ring (bicyclic) bond motifs is 2. The first-order valence-electron chi connectivity index (χ1n) is 7.35. The molecule has 0 aliphatic carbocycles. The molecular formula is C16H22N2O2. The molecule has 2 heterocycles. The summed E-state index contributed by atoms with van der Waals surface area (Å²) in [6.07, 6.45) is 0.247. The smallest absolute Gasteiger partial charge is 0.407 e. The number of nitrogens with zero attached hydrogens (tertiary/aromatic N) is 2. The summed E-state index contributed by atoms with van der Waals surface area (Å²) in [6, 6.07) is 9.17. The molecular weight excluding hydrogens is 252 g/mol. The molecule has 4 heteroatoms. The second-order valence-electron chi connectivity index (χ2n) is 6.19. The van der Waals surface area contributed by atoms with Crippen LogP contribution in [-0.2, 0) is 0 Å². The van der Waals surface area contributed by atoms with Crippen molar-refractivity contribution in [2.24, 2.45) is 0 Å². The van der Waals surface area contributed by atoms with Crippen LogP contribution in [0.15, 0.2) is 24.3 Å². The molecule has 3 atom stereocenters. The molecule has 3 unspecified atom stereocenters. The SMILES string of the molecule is Cc1ccccc1C(C)CN1CC2CC1CN2C(=O)O. The maximum absolute atomic E-state index is 11.1. The highest BCUT2D eigenvalue weighted by Gasteiger charge is 2.45. The molecule has 2 fully saturated rings. The van der Waals surface area contributed by atoms with E-state index in [2.05, 4.69) is 43.0 Å². The zero-order valence-corrected chi connectivity index (χ0v) is 12.1. The quantitative estimate of drug-likeness (QED) is 0.921. The summed E-state index contributed by atoms with van der Waals surface area (Å²) < 4.78 is 0. The minimum Gasteiger partial charge on any atom is -0.465 e. The average Bonchev–Trinajstić information content (AvgIpc) is 2.98. The van der Waals surface area contributed by atoms with Gasteiger partial charge in [-0.3, -0.25) is 4.90 Å². The van der Waals surface area contributed by atoms with Crippen LogP contribution in [0.25, 0.3) is 0 Å². The molecule has 2 aliphatic heterocycles. The van der Waals surface area contributed by atoms with Gasteiger partial charge in [0.15, 0.2) is 0 Å². The van der Waals surface area contributed by atoms with Gasteiger partial charge >= 0.3 is 6.09 Å². The normalized spacial score (nSPS) is 27.0. The Morgan fingerprint density at radius 3 is 2.70 bits per heavy atom. The maximum Gasteiger partial charge on any atom is 0.407 e. The molecule has 108 valence electrons. The minimum atomic E-state index is -0.760. The largest absolute Gasteiger partial charge is 0.465 e. The van der Waals surface area contributed by atoms with Gasteiger partial charge in [-0.05, 0) is 30.4 Å². The number of likely N-dealkylation sites (tertiary alicyclic amines) is 2. The number of aryl methyl sites for hydroxylation is 1. The Morgan fingerprint density at radius 1 is 1.35 bits per heavy atom. The third kappa shape index (κ3) is 2.29. The molecule has 20 heavy (non-hydrogen) atoms. The Balaban J connectivity index is 1.64. The lowest BCUT2D eigenvalue weighted by atomic mass is 9.96. The third-order valence-electron chi connectivity index (χ3n) is 4.83. The molecule has 1 aromatic carbocycles. The van der Waals surface area contributed by atoms with Gasteiger partial charge in [-0.1, -0.05) is 31.2 Å². The van der Waals surface area contributed by atoms with E-state index in [1.54, 1.807) is 4.90 Å². The van der Waals surface area contributed by atoms with E-state index in [1.807, 2.05) is 0 Å². The predicted molar refractivity (Wildman–Crippen MR) is 78.1 cm³/mol. The van der Waals surface area contributed by atoms with Crippen molar-refractivity contribution in [3.8, 4) is 0 Å². The number of benzene rings is 1. The molecule has 4 nitrogen and oxygen atoms in total. The molecule has 0 spiro atoms. The molecule has 3 rings (SSSR count). The maximum atomic E-state index is 11.1. The van der Waals surface area contributed by atoms with Crippen molar-refractivity contribution in [2.75, 3.05) is 19.6 Å². The van der Waals surface area contributed by atoms with E-state index in [0.717, 1.165) is 19.5 Å². The van der Waals surface area contributed by atoms with Crippen LogP contribution < -0.4 is 0 Å². The zero-order chi connectivity index (χ0) is 14.3. The van der Waals surface area contributed by atoms with E-state index >= 15 is 0 Å². The van der Waals surface area contributed by atoms with Crippen molar-refractivity contribution in [3.63, 3.8) is 0 Å². The molecule has 0 aromatic heterocycles. The van der Waals surface area contributed by atoms with E-state index < -0.39 is 6.09 Å². The minimum absolute atomic E-state index is 0.210. The second kappa shape index (κ2) is 5.09. The third-order valence-corrected chi connectivity index (χ3v) is 4.83. The van der Waals surface area contributed by atoms with Gasteiger partial charge in [0.1, 0.15) is 0 Å². The fourth-order valence-electron chi connectivity index (χ4n) is 3.80. The fraction of sp³-hybridized carbons (Fsp3) is 0.562. The summed E-state index contributed by atoms with van der Waals surface area (Å²) in [5.74, 6) is 0.494. The molecule has 0 radical (unpaired) electrons. The Hall–Kier alpha value is -1.55. The fourth-order valence-corrected chi connectivity index (χ4v) is 3.80. The monoisotopic (exact) mass is 274 g/mol. The molecule has 1 aromatic rings. The van der Waals surface area contributed by atoms with Crippen LogP contribution >= 0.6 is 0 Å². The molecule has 1 N–H and O–H groups in total. The van der Waals surface area contributed by atoms with Crippen LogP contribution in [0.5, 0.6) is 0 Å². The van der Waals surface area contributed by atoms with Gasteiger partial charge in [-0.25, -0.2) is 4.79 Å².